The van der Waals surface area contributed by atoms with Crippen LogP contribution in [0.2, 0.25) is 10.0 Å². The second-order valence-corrected chi connectivity index (χ2v) is 3.91. The Morgan fingerprint density at radius 2 is 2.00 bits per heavy atom. The van der Waals surface area contributed by atoms with Crippen molar-refractivity contribution in [3.05, 3.63) is 38.2 Å². The van der Waals surface area contributed by atoms with E-state index in [1.165, 1.54) is 12.1 Å². The molecule has 0 fully saturated rings. The van der Waals surface area contributed by atoms with Crippen molar-refractivity contribution in [3.8, 4) is 5.75 Å². The average molecular weight is 245 g/mol. The van der Waals surface area contributed by atoms with Gasteiger partial charge in [0.2, 0.25) is 0 Å². The highest BCUT2D eigenvalue weighted by Crippen LogP contribution is 2.31. The maximum atomic E-state index is 11.2. The van der Waals surface area contributed by atoms with Gasteiger partial charge in [-0.1, -0.05) is 23.2 Å². The Morgan fingerprint density at radius 1 is 1.33 bits per heavy atom. The van der Waals surface area contributed by atoms with Crippen molar-refractivity contribution in [2.45, 2.75) is 6.92 Å². The maximum absolute atomic E-state index is 11.2. The minimum absolute atomic E-state index is 0.0317. The molecule has 1 N–H and O–H groups in total. The number of hydrogen-bond donors (Lipinski definition) is 1. The summed E-state index contributed by atoms with van der Waals surface area (Å²) >= 11 is 11.5. The van der Waals surface area contributed by atoms with Crippen molar-refractivity contribution in [1.82, 2.24) is 0 Å². The van der Waals surface area contributed by atoms with Crippen LogP contribution in [0, 0.1) is 6.92 Å². The summed E-state index contributed by atoms with van der Waals surface area (Å²) in [6, 6.07) is 2.80. The van der Waals surface area contributed by atoms with Crippen LogP contribution in [-0.2, 0) is 0 Å². The second-order valence-electron chi connectivity index (χ2n) is 3.13. The van der Waals surface area contributed by atoms with Crippen LogP contribution >= 0.6 is 23.2 Å². The molecule has 1 heterocycles. The summed E-state index contributed by atoms with van der Waals surface area (Å²) in [5.41, 5.74) is 0.233. The van der Waals surface area contributed by atoms with E-state index >= 15 is 0 Å². The molecule has 2 rings (SSSR count). The van der Waals surface area contributed by atoms with Gasteiger partial charge in [0, 0.05) is 11.5 Å². The molecule has 0 saturated heterocycles. The average Bonchev–Trinajstić information content (AvgIpc) is 2.19. The van der Waals surface area contributed by atoms with Crippen molar-refractivity contribution in [2.24, 2.45) is 0 Å². The number of hydrogen-bond acceptors (Lipinski definition) is 3. The first-order valence-corrected chi connectivity index (χ1v) is 4.87. The normalized spacial score (nSPS) is 10.9. The quantitative estimate of drug-likeness (QED) is 0.725. The fourth-order valence-corrected chi connectivity index (χ4v) is 1.64. The lowest BCUT2D eigenvalue weighted by Crippen LogP contribution is -2.01. The summed E-state index contributed by atoms with van der Waals surface area (Å²) in [6.45, 7) is 1.69. The molecular weight excluding hydrogens is 239 g/mol. The van der Waals surface area contributed by atoms with E-state index in [0.717, 1.165) is 0 Å². The van der Waals surface area contributed by atoms with E-state index in [1.54, 1.807) is 6.92 Å². The Hall–Kier alpha value is -1.19. The molecule has 0 spiro atoms. The molecule has 3 nitrogen and oxygen atoms in total. The first kappa shape index (κ1) is 10.3. The molecule has 0 amide bonds. The van der Waals surface area contributed by atoms with E-state index in [-0.39, 0.29) is 21.4 Å². The molecule has 15 heavy (non-hydrogen) atoms. The van der Waals surface area contributed by atoms with Gasteiger partial charge in [0.05, 0.1) is 5.02 Å². The van der Waals surface area contributed by atoms with Gasteiger partial charge >= 0.3 is 5.63 Å². The van der Waals surface area contributed by atoms with Crippen LogP contribution in [0.5, 0.6) is 5.75 Å². The summed E-state index contributed by atoms with van der Waals surface area (Å²) in [6.07, 6.45) is 0. The van der Waals surface area contributed by atoms with Crippen LogP contribution in [0.3, 0.4) is 0 Å². The fraction of sp³-hybridized carbons (Fsp3) is 0.100. The van der Waals surface area contributed by atoms with E-state index in [4.69, 9.17) is 27.6 Å². The van der Waals surface area contributed by atoms with Crippen molar-refractivity contribution < 1.29 is 9.52 Å². The van der Waals surface area contributed by atoms with Gasteiger partial charge in [-0.2, -0.15) is 0 Å². The number of phenolic OH excluding ortho intramolecular Hbond substituents is 1. The largest absolute Gasteiger partial charge is 0.506 e. The zero-order valence-electron chi connectivity index (χ0n) is 7.67. The third-order valence-corrected chi connectivity index (χ3v) is 2.90. The zero-order chi connectivity index (χ0) is 11.2. The Bertz CT molecular complexity index is 602. The molecule has 0 radical (unpaired) electrons. The number of phenols is 1. The highest BCUT2D eigenvalue weighted by molar-refractivity contribution is 6.33. The summed E-state index contributed by atoms with van der Waals surface area (Å²) in [5.74, 6) is -0.131. The SMILES string of the molecule is Cc1c(Cl)c(=O)oc2cc(O)c(Cl)cc12. The lowest BCUT2D eigenvalue weighted by molar-refractivity contribution is 0.473. The highest BCUT2D eigenvalue weighted by Gasteiger charge is 2.11. The van der Waals surface area contributed by atoms with Crippen molar-refractivity contribution >= 4 is 34.2 Å². The standard InChI is InChI=1S/C10H6Cl2O3/c1-4-5-2-6(11)7(13)3-8(5)15-10(14)9(4)12/h2-3,13H,1H3. The third kappa shape index (κ3) is 1.58. The van der Waals surface area contributed by atoms with E-state index in [2.05, 4.69) is 0 Å². The van der Waals surface area contributed by atoms with Gasteiger partial charge in [-0.25, -0.2) is 4.79 Å². The molecule has 0 aliphatic carbocycles. The summed E-state index contributed by atoms with van der Waals surface area (Å²) in [5, 5.41) is 10.2. The molecule has 0 atom stereocenters. The van der Waals surface area contributed by atoms with Gasteiger partial charge in [-0.15, -0.1) is 0 Å². The molecule has 2 aromatic rings. The molecule has 78 valence electrons. The van der Waals surface area contributed by atoms with Crippen LogP contribution in [-0.4, -0.2) is 5.11 Å². The lowest BCUT2D eigenvalue weighted by Gasteiger charge is -2.04. The number of benzene rings is 1. The van der Waals surface area contributed by atoms with Gasteiger partial charge < -0.3 is 9.52 Å². The van der Waals surface area contributed by atoms with Crippen LogP contribution in [0.25, 0.3) is 11.0 Å². The first-order chi connectivity index (χ1) is 7.00. The fourth-order valence-electron chi connectivity index (χ4n) is 1.34. The molecular formula is C10H6Cl2O3. The Balaban J connectivity index is 3.00. The van der Waals surface area contributed by atoms with Gasteiger partial charge in [-0.3, -0.25) is 0 Å². The second kappa shape index (κ2) is 3.43. The molecule has 1 aromatic heterocycles. The number of rotatable bonds is 0. The Kier molecular flexibility index (Phi) is 2.37. The Labute approximate surface area is 94.8 Å². The molecule has 5 heteroatoms. The van der Waals surface area contributed by atoms with Crippen LogP contribution in [0.15, 0.2) is 21.3 Å². The number of halogens is 2. The predicted octanol–water partition coefficient (Wildman–Crippen LogP) is 3.11. The molecule has 0 aliphatic heterocycles. The van der Waals surface area contributed by atoms with E-state index < -0.39 is 5.63 Å². The van der Waals surface area contributed by atoms with E-state index in [9.17, 15) is 9.90 Å². The van der Waals surface area contributed by atoms with Crippen LogP contribution in [0.4, 0.5) is 0 Å². The van der Waals surface area contributed by atoms with Crippen molar-refractivity contribution in [3.63, 3.8) is 0 Å². The van der Waals surface area contributed by atoms with Gasteiger partial charge in [0.1, 0.15) is 16.4 Å². The minimum Gasteiger partial charge on any atom is -0.506 e. The maximum Gasteiger partial charge on any atom is 0.355 e. The van der Waals surface area contributed by atoms with Crippen molar-refractivity contribution in [1.29, 1.82) is 0 Å². The van der Waals surface area contributed by atoms with Gasteiger partial charge in [0.15, 0.2) is 0 Å². The van der Waals surface area contributed by atoms with Crippen LogP contribution in [0.1, 0.15) is 5.56 Å². The lowest BCUT2D eigenvalue weighted by atomic mass is 10.1. The minimum atomic E-state index is -0.622. The monoisotopic (exact) mass is 244 g/mol. The van der Waals surface area contributed by atoms with Gasteiger partial charge in [-0.05, 0) is 18.6 Å². The third-order valence-electron chi connectivity index (χ3n) is 2.16. The zero-order valence-corrected chi connectivity index (χ0v) is 9.19. The van der Waals surface area contributed by atoms with E-state index in [1.807, 2.05) is 0 Å². The van der Waals surface area contributed by atoms with Crippen LogP contribution < -0.4 is 5.63 Å². The molecule has 0 unspecified atom stereocenters. The highest BCUT2D eigenvalue weighted by atomic mass is 35.5. The van der Waals surface area contributed by atoms with Gasteiger partial charge in [0.25, 0.3) is 0 Å². The van der Waals surface area contributed by atoms with E-state index in [0.29, 0.717) is 10.9 Å². The molecule has 0 aliphatic rings. The smallest absolute Gasteiger partial charge is 0.355 e. The number of aromatic hydroxyl groups is 1. The number of fused-ring (bicyclic) bond motifs is 1. The van der Waals surface area contributed by atoms with Crippen molar-refractivity contribution in [2.75, 3.05) is 0 Å². The Morgan fingerprint density at radius 3 is 2.67 bits per heavy atom. The molecule has 0 bridgehead atoms. The number of aryl methyl sites for hydroxylation is 1. The predicted molar refractivity (Wildman–Crippen MR) is 58.9 cm³/mol. The first-order valence-electron chi connectivity index (χ1n) is 4.12. The summed E-state index contributed by atoms with van der Waals surface area (Å²) in [4.78, 5) is 11.2. The molecule has 1 aromatic carbocycles. The topological polar surface area (TPSA) is 50.4 Å². The summed E-state index contributed by atoms with van der Waals surface area (Å²) in [7, 11) is 0. The molecule has 0 saturated carbocycles. The summed E-state index contributed by atoms with van der Waals surface area (Å²) < 4.78 is 4.90.